The van der Waals surface area contributed by atoms with Crippen LogP contribution in [0.2, 0.25) is 0 Å². The fourth-order valence-electron chi connectivity index (χ4n) is 3.47. The molecule has 144 valence electrons. The topological polar surface area (TPSA) is 35.6 Å². The third-order valence-electron chi connectivity index (χ3n) is 4.96. The Hall–Kier alpha value is -2.31. The Labute approximate surface area is 158 Å². The number of hydrogen-bond donors (Lipinski definition) is 1. The molecule has 1 N–H and O–H groups in total. The van der Waals surface area contributed by atoms with Gasteiger partial charge in [-0.2, -0.15) is 0 Å². The normalized spacial score (nSPS) is 18.4. The molecule has 3 rings (SSSR count). The Balaban J connectivity index is 1.53. The van der Waals surface area contributed by atoms with Gasteiger partial charge in [0.25, 0.3) is 5.91 Å². The number of rotatable bonds is 6. The van der Waals surface area contributed by atoms with Crippen LogP contribution in [-0.2, 0) is 0 Å². The summed E-state index contributed by atoms with van der Waals surface area (Å²) < 4.78 is 26.9. The summed E-state index contributed by atoms with van der Waals surface area (Å²) in [5.74, 6) is -1.91. The monoisotopic (exact) mass is 373 g/mol. The molecule has 1 amide bonds. The SMILES string of the molecule is CN1CCN(CCCNC(=O)c2cc(F)ccc2F)[C@@H](c2ccccc2)C1. The van der Waals surface area contributed by atoms with Crippen LogP contribution in [0.4, 0.5) is 8.78 Å². The summed E-state index contributed by atoms with van der Waals surface area (Å²) in [6, 6.07) is 13.6. The maximum Gasteiger partial charge on any atom is 0.254 e. The van der Waals surface area contributed by atoms with Crippen LogP contribution in [-0.4, -0.2) is 55.5 Å². The summed E-state index contributed by atoms with van der Waals surface area (Å²) in [6.07, 6.45) is 0.746. The zero-order valence-corrected chi connectivity index (χ0v) is 15.5. The third-order valence-corrected chi connectivity index (χ3v) is 4.96. The molecule has 1 atom stereocenters. The molecule has 6 heteroatoms. The molecular weight excluding hydrogens is 348 g/mol. The van der Waals surface area contributed by atoms with Crippen LogP contribution in [0.1, 0.15) is 28.4 Å². The van der Waals surface area contributed by atoms with E-state index in [1.165, 1.54) is 5.56 Å². The highest BCUT2D eigenvalue weighted by molar-refractivity contribution is 5.94. The fraction of sp³-hybridized carbons (Fsp3) is 0.381. The number of nitrogens with one attached hydrogen (secondary N) is 1. The van der Waals surface area contributed by atoms with Crippen molar-refractivity contribution in [2.45, 2.75) is 12.5 Å². The molecule has 1 fully saturated rings. The summed E-state index contributed by atoms with van der Waals surface area (Å²) in [4.78, 5) is 16.8. The van der Waals surface area contributed by atoms with Crippen molar-refractivity contribution in [1.82, 2.24) is 15.1 Å². The Bertz CT molecular complexity index is 769. The highest BCUT2D eigenvalue weighted by Crippen LogP contribution is 2.24. The first-order valence-electron chi connectivity index (χ1n) is 9.25. The molecule has 2 aromatic carbocycles. The molecule has 0 spiro atoms. The Kier molecular flexibility index (Phi) is 6.53. The van der Waals surface area contributed by atoms with Gasteiger partial charge in [-0.3, -0.25) is 9.69 Å². The average molecular weight is 373 g/mol. The number of piperazine rings is 1. The molecule has 0 bridgehead atoms. The van der Waals surface area contributed by atoms with Crippen molar-refractivity contribution >= 4 is 5.91 Å². The highest BCUT2D eigenvalue weighted by Gasteiger charge is 2.26. The quantitative estimate of drug-likeness (QED) is 0.791. The van der Waals surface area contributed by atoms with Gasteiger partial charge in [0.05, 0.1) is 5.56 Å². The van der Waals surface area contributed by atoms with Crippen molar-refractivity contribution < 1.29 is 13.6 Å². The van der Waals surface area contributed by atoms with Crippen LogP contribution >= 0.6 is 0 Å². The fourth-order valence-corrected chi connectivity index (χ4v) is 3.47. The van der Waals surface area contributed by atoms with E-state index in [9.17, 15) is 13.6 Å². The van der Waals surface area contributed by atoms with Gasteiger partial charge >= 0.3 is 0 Å². The number of carbonyl (C=O) groups excluding carboxylic acids is 1. The van der Waals surface area contributed by atoms with Gasteiger partial charge in [-0.25, -0.2) is 8.78 Å². The first-order chi connectivity index (χ1) is 13.0. The van der Waals surface area contributed by atoms with Crippen molar-refractivity contribution in [2.24, 2.45) is 0 Å². The average Bonchev–Trinajstić information content (AvgIpc) is 2.68. The van der Waals surface area contributed by atoms with E-state index in [-0.39, 0.29) is 5.56 Å². The van der Waals surface area contributed by atoms with Crippen LogP contribution in [0.3, 0.4) is 0 Å². The van der Waals surface area contributed by atoms with Gasteiger partial charge in [-0.05, 0) is 37.2 Å². The van der Waals surface area contributed by atoms with Crippen LogP contribution in [0.5, 0.6) is 0 Å². The van der Waals surface area contributed by atoms with Crippen LogP contribution < -0.4 is 5.32 Å². The molecule has 27 heavy (non-hydrogen) atoms. The van der Waals surface area contributed by atoms with Gasteiger partial charge in [0.15, 0.2) is 0 Å². The second kappa shape index (κ2) is 9.06. The number of hydrogen-bond acceptors (Lipinski definition) is 3. The summed E-state index contributed by atoms with van der Waals surface area (Å²) in [5.41, 5.74) is 1.03. The van der Waals surface area contributed by atoms with E-state index in [2.05, 4.69) is 46.4 Å². The van der Waals surface area contributed by atoms with Crippen molar-refractivity contribution in [2.75, 3.05) is 39.8 Å². The lowest BCUT2D eigenvalue weighted by atomic mass is 10.0. The first kappa shape index (κ1) is 19.5. The zero-order chi connectivity index (χ0) is 19.2. The van der Waals surface area contributed by atoms with E-state index in [4.69, 9.17) is 0 Å². The minimum Gasteiger partial charge on any atom is -0.352 e. The summed E-state index contributed by atoms with van der Waals surface area (Å²) in [7, 11) is 2.13. The molecule has 0 saturated carbocycles. The smallest absolute Gasteiger partial charge is 0.254 e. The molecule has 4 nitrogen and oxygen atoms in total. The van der Waals surface area contributed by atoms with Crippen molar-refractivity contribution in [3.8, 4) is 0 Å². The zero-order valence-electron chi connectivity index (χ0n) is 15.5. The molecule has 1 saturated heterocycles. The standard InChI is InChI=1S/C21H25F2N3O/c1-25-12-13-26(20(15-25)16-6-3-2-4-7-16)11-5-10-24-21(27)18-14-17(22)8-9-19(18)23/h2-4,6-9,14,20H,5,10-13,15H2,1H3,(H,24,27)/t20-/m1/s1. The van der Waals surface area contributed by atoms with E-state index < -0.39 is 17.5 Å². The lowest BCUT2D eigenvalue weighted by Gasteiger charge is -2.40. The van der Waals surface area contributed by atoms with Crippen LogP contribution in [0, 0.1) is 11.6 Å². The molecule has 2 aromatic rings. The number of nitrogens with zero attached hydrogens (tertiary/aromatic N) is 2. The number of amides is 1. The van der Waals surface area contributed by atoms with Crippen LogP contribution in [0.25, 0.3) is 0 Å². The molecule has 0 aliphatic carbocycles. The van der Waals surface area contributed by atoms with Gasteiger partial charge < -0.3 is 10.2 Å². The van der Waals surface area contributed by atoms with Crippen molar-refractivity contribution in [1.29, 1.82) is 0 Å². The minimum atomic E-state index is -0.711. The number of likely N-dealkylation sites (N-methyl/N-ethyl adjacent to an activating group) is 1. The Morgan fingerprint density at radius 2 is 1.93 bits per heavy atom. The number of benzene rings is 2. The van der Waals surface area contributed by atoms with Gasteiger partial charge in [0.2, 0.25) is 0 Å². The third kappa shape index (κ3) is 5.11. The summed E-state index contributed by atoms with van der Waals surface area (Å²) in [5, 5.41) is 2.69. The number of halogens is 2. The van der Waals surface area contributed by atoms with E-state index in [1.54, 1.807) is 0 Å². The van der Waals surface area contributed by atoms with Crippen molar-refractivity contribution in [3.63, 3.8) is 0 Å². The first-order valence-corrected chi connectivity index (χ1v) is 9.25. The van der Waals surface area contributed by atoms with E-state index in [1.807, 2.05) is 6.07 Å². The predicted molar refractivity (Wildman–Crippen MR) is 102 cm³/mol. The molecule has 0 unspecified atom stereocenters. The molecule has 1 aliphatic rings. The lowest BCUT2D eigenvalue weighted by Crippen LogP contribution is -2.47. The molecule has 1 aliphatic heterocycles. The second-order valence-electron chi connectivity index (χ2n) is 6.96. The van der Waals surface area contributed by atoms with E-state index in [0.717, 1.165) is 50.8 Å². The van der Waals surface area contributed by atoms with E-state index in [0.29, 0.717) is 12.6 Å². The second-order valence-corrected chi connectivity index (χ2v) is 6.96. The summed E-state index contributed by atoms with van der Waals surface area (Å²) in [6.45, 7) is 4.18. The largest absolute Gasteiger partial charge is 0.352 e. The van der Waals surface area contributed by atoms with Crippen molar-refractivity contribution in [3.05, 3.63) is 71.3 Å². The van der Waals surface area contributed by atoms with Gasteiger partial charge in [-0.1, -0.05) is 30.3 Å². The van der Waals surface area contributed by atoms with Crippen LogP contribution in [0.15, 0.2) is 48.5 Å². The van der Waals surface area contributed by atoms with E-state index >= 15 is 0 Å². The van der Waals surface area contributed by atoms with Gasteiger partial charge in [-0.15, -0.1) is 0 Å². The molecule has 0 radical (unpaired) electrons. The Morgan fingerprint density at radius 1 is 1.15 bits per heavy atom. The number of carbonyl (C=O) groups is 1. The molecule has 0 aromatic heterocycles. The highest BCUT2D eigenvalue weighted by atomic mass is 19.1. The molecular formula is C21H25F2N3O. The predicted octanol–water partition coefficient (Wildman–Crippen LogP) is 3.07. The maximum absolute atomic E-state index is 13.7. The minimum absolute atomic E-state index is 0.253. The summed E-state index contributed by atoms with van der Waals surface area (Å²) >= 11 is 0. The molecule has 1 heterocycles. The Morgan fingerprint density at radius 3 is 2.70 bits per heavy atom. The maximum atomic E-state index is 13.7. The lowest BCUT2D eigenvalue weighted by molar-refractivity contribution is 0.0864. The van der Waals surface area contributed by atoms with Gasteiger partial charge in [0, 0.05) is 38.8 Å². The van der Waals surface area contributed by atoms with Gasteiger partial charge in [0.1, 0.15) is 11.6 Å².